The van der Waals surface area contributed by atoms with E-state index in [1.807, 2.05) is 0 Å². The van der Waals surface area contributed by atoms with E-state index in [-0.39, 0.29) is 6.10 Å². The molecule has 0 heterocycles. The third-order valence-corrected chi connectivity index (χ3v) is 6.02. The largest absolute Gasteiger partial charge is 0.388 e. The molecule has 1 N–H and O–H groups in total. The van der Waals surface area contributed by atoms with Crippen LogP contribution in [-0.4, -0.2) is 11.2 Å². The third kappa shape index (κ3) is 3.69. The van der Waals surface area contributed by atoms with Crippen LogP contribution in [0.4, 0.5) is 0 Å². The topological polar surface area (TPSA) is 20.2 Å². The molecule has 0 unspecified atom stereocenters. The summed E-state index contributed by atoms with van der Waals surface area (Å²) in [4.78, 5) is 0. The zero-order valence-electron chi connectivity index (χ0n) is 14.3. The molecule has 0 amide bonds. The summed E-state index contributed by atoms with van der Waals surface area (Å²) in [6.07, 6.45) is 10.8. The monoisotopic (exact) mass is 288 g/mol. The fourth-order valence-corrected chi connectivity index (χ4v) is 4.15. The number of fused-ring (bicyclic) bond motifs is 2. The molecular formula is C20H32O. The highest BCUT2D eigenvalue weighted by atomic mass is 16.3. The van der Waals surface area contributed by atoms with E-state index in [1.54, 1.807) is 0 Å². The summed E-state index contributed by atoms with van der Waals surface area (Å²) in [6.45, 7) is 13.5. The van der Waals surface area contributed by atoms with E-state index < -0.39 is 0 Å². The van der Waals surface area contributed by atoms with Crippen molar-refractivity contribution in [1.29, 1.82) is 0 Å². The van der Waals surface area contributed by atoms with Crippen LogP contribution in [-0.2, 0) is 0 Å². The maximum absolute atomic E-state index is 10.2. The van der Waals surface area contributed by atoms with Gasteiger partial charge in [-0.3, -0.25) is 0 Å². The first-order valence-electron chi connectivity index (χ1n) is 8.50. The first-order valence-corrected chi connectivity index (χ1v) is 8.50. The van der Waals surface area contributed by atoms with Crippen molar-refractivity contribution in [2.45, 2.75) is 72.3 Å². The molecule has 0 aromatic rings. The van der Waals surface area contributed by atoms with Crippen LogP contribution in [0.5, 0.6) is 0 Å². The van der Waals surface area contributed by atoms with Crippen LogP contribution < -0.4 is 0 Å². The SMILES string of the molecule is C=C1CC[C@H]2CC=C(C)[C@H](O)C/C=C(\C)CC[C@@H]1C2(C)C. The molecule has 0 radical (unpaired) electrons. The standard InChI is InChI=1S/C20H32O/c1-14-6-12-18-15(2)8-10-17(20(18,4)5)11-9-16(3)19(21)13-7-14/h7,9,17-19,21H,2,6,8,10-13H2,1,3-5H3/b14-7+,16-9?/t17-,18-,19+/m0/s1. The van der Waals surface area contributed by atoms with E-state index in [9.17, 15) is 5.11 Å². The molecule has 0 aliphatic heterocycles. The van der Waals surface area contributed by atoms with E-state index in [0.717, 1.165) is 24.8 Å². The number of hydrogen-bond donors (Lipinski definition) is 1. The van der Waals surface area contributed by atoms with Crippen molar-refractivity contribution in [1.82, 2.24) is 0 Å². The Morgan fingerprint density at radius 2 is 1.81 bits per heavy atom. The number of aliphatic hydroxyl groups is 1. The van der Waals surface area contributed by atoms with Gasteiger partial charge in [0.1, 0.15) is 0 Å². The molecule has 2 aliphatic carbocycles. The molecule has 0 aromatic heterocycles. The second kappa shape index (κ2) is 6.52. The normalized spacial score (nSPS) is 36.8. The van der Waals surface area contributed by atoms with E-state index in [2.05, 4.69) is 46.4 Å². The summed E-state index contributed by atoms with van der Waals surface area (Å²) in [5, 5.41) is 10.2. The first-order chi connectivity index (χ1) is 9.82. The molecule has 2 aliphatic rings. The Balaban J connectivity index is 2.30. The quantitative estimate of drug-likeness (QED) is 0.590. The molecule has 1 heteroatoms. The lowest BCUT2D eigenvalue weighted by Crippen LogP contribution is -2.37. The molecule has 0 spiro atoms. The van der Waals surface area contributed by atoms with Gasteiger partial charge in [0.15, 0.2) is 0 Å². The Labute approximate surface area is 130 Å². The highest BCUT2D eigenvalue weighted by Crippen LogP contribution is 2.51. The minimum Gasteiger partial charge on any atom is -0.388 e. The van der Waals surface area contributed by atoms with Crippen molar-refractivity contribution in [3.8, 4) is 0 Å². The van der Waals surface area contributed by atoms with Crippen LogP contribution in [0.2, 0.25) is 0 Å². The summed E-state index contributed by atoms with van der Waals surface area (Å²) in [6, 6.07) is 0. The molecule has 1 nitrogen and oxygen atoms in total. The van der Waals surface area contributed by atoms with Gasteiger partial charge in [0, 0.05) is 0 Å². The summed E-state index contributed by atoms with van der Waals surface area (Å²) < 4.78 is 0. The van der Waals surface area contributed by atoms with E-state index in [4.69, 9.17) is 0 Å². The molecule has 1 fully saturated rings. The maximum atomic E-state index is 10.2. The molecule has 3 atom stereocenters. The molecule has 0 saturated heterocycles. The molecule has 0 aromatic carbocycles. The second-order valence-corrected chi connectivity index (χ2v) is 7.79. The number of rotatable bonds is 0. The van der Waals surface area contributed by atoms with Crippen molar-refractivity contribution in [2.75, 3.05) is 0 Å². The van der Waals surface area contributed by atoms with Gasteiger partial charge >= 0.3 is 0 Å². The highest BCUT2D eigenvalue weighted by molar-refractivity contribution is 5.16. The van der Waals surface area contributed by atoms with Gasteiger partial charge in [-0.2, -0.15) is 0 Å². The smallest absolute Gasteiger partial charge is 0.0781 e. The highest BCUT2D eigenvalue weighted by Gasteiger charge is 2.41. The lowest BCUT2D eigenvalue weighted by Gasteiger charge is -2.47. The Hall–Kier alpha value is -0.820. The average molecular weight is 288 g/mol. The van der Waals surface area contributed by atoms with E-state index >= 15 is 0 Å². The van der Waals surface area contributed by atoms with Crippen LogP contribution in [0, 0.1) is 17.3 Å². The lowest BCUT2D eigenvalue weighted by atomic mass is 9.58. The summed E-state index contributed by atoms with van der Waals surface area (Å²) >= 11 is 0. The van der Waals surface area contributed by atoms with Gasteiger partial charge in [-0.05, 0) is 75.2 Å². The van der Waals surface area contributed by atoms with Crippen LogP contribution in [0.1, 0.15) is 66.2 Å². The van der Waals surface area contributed by atoms with Crippen LogP contribution in [0.15, 0.2) is 35.5 Å². The average Bonchev–Trinajstić information content (AvgIpc) is 2.41. The minimum atomic E-state index is -0.308. The molecular weight excluding hydrogens is 256 g/mol. The Morgan fingerprint density at radius 1 is 1.10 bits per heavy atom. The number of aliphatic hydroxyl groups excluding tert-OH is 1. The van der Waals surface area contributed by atoms with Crippen LogP contribution in [0.3, 0.4) is 0 Å². The van der Waals surface area contributed by atoms with Gasteiger partial charge in [0.2, 0.25) is 0 Å². The zero-order chi connectivity index (χ0) is 15.6. The predicted molar refractivity (Wildman–Crippen MR) is 91.1 cm³/mol. The Bertz CT molecular complexity index is 452. The van der Waals surface area contributed by atoms with Gasteiger partial charge < -0.3 is 5.11 Å². The fourth-order valence-electron chi connectivity index (χ4n) is 4.15. The van der Waals surface area contributed by atoms with Gasteiger partial charge in [-0.15, -0.1) is 0 Å². The predicted octanol–water partition coefficient (Wildman–Crippen LogP) is 5.42. The minimum absolute atomic E-state index is 0.308. The Morgan fingerprint density at radius 3 is 2.52 bits per heavy atom. The molecule has 21 heavy (non-hydrogen) atoms. The first kappa shape index (κ1) is 16.5. The number of hydrogen-bond acceptors (Lipinski definition) is 1. The van der Waals surface area contributed by atoms with Crippen molar-refractivity contribution >= 4 is 0 Å². The van der Waals surface area contributed by atoms with Gasteiger partial charge in [-0.25, -0.2) is 0 Å². The fraction of sp³-hybridized carbons (Fsp3) is 0.700. The third-order valence-electron chi connectivity index (χ3n) is 6.02. The summed E-state index contributed by atoms with van der Waals surface area (Å²) in [5.41, 5.74) is 4.32. The Kier molecular flexibility index (Phi) is 5.14. The van der Waals surface area contributed by atoms with Crippen molar-refractivity contribution in [3.63, 3.8) is 0 Å². The molecule has 2 bridgehead atoms. The van der Waals surface area contributed by atoms with E-state index in [0.29, 0.717) is 17.3 Å². The van der Waals surface area contributed by atoms with Gasteiger partial charge in [0.05, 0.1) is 6.10 Å². The number of allylic oxidation sites excluding steroid dienone is 3. The van der Waals surface area contributed by atoms with Crippen LogP contribution >= 0.6 is 0 Å². The van der Waals surface area contributed by atoms with E-state index in [1.165, 1.54) is 30.4 Å². The summed E-state index contributed by atoms with van der Waals surface area (Å²) in [5.74, 6) is 1.34. The molecule has 118 valence electrons. The van der Waals surface area contributed by atoms with Gasteiger partial charge in [-0.1, -0.05) is 43.7 Å². The zero-order valence-corrected chi connectivity index (χ0v) is 14.3. The maximum Gasteiger partial charge on any atom is 0.0781 e. The van der Waals surface area contributed by atoms with Gasteiger partial charge in [0.25, 0.3) is 0 Å². The molecule has 2 rings (SSSR count). The van der Waals surface area contributed by atoms with Crippen molar-refractivity contribution in [3.05, 3.63) is 35.5 Å². The second-order valence-electron chi connectivity index (χ2n) is 7.79. The van der Waals surface area contributed by atoms with Crippen molar-refractivity contribution < 1.29 is 5.11 Å². The van der Waals surface area contributed by atoms with Crippen LogP contribution in [0.25, 0.3) is 0 Å². The molecule has 1 saturated carbocycles. The lowest BCUT2D eigenvalue weighted by molar-refractivity contribution is 0.0944. The summed E-state index contributed by atoms with van der Waals surface area (Å²) in [7, 11) is 0. The van der Waals surface area contributed by atoms with Crippen molar-refractivity contribution in [2.24, 2.45) is 17.3 Å².